The second-order valence-corrected chi connectivity index (χ2v) is 14.0. The first-order valence-electron chi connectivity index (χ1n) is 15.8. The predicted octanol–water partition coefficient (Wildman–Crippen LogP) is 9.62. The SMILES string of the molecule is C=CC(=O)C1CCC(CCC2C(=O)C=Cc3ccc(Cc4ccc(C5CCC(C(C)(C)C)CC5)cc4)cc32)CC1. The molecule has 40 heavy (non-hydrogen) atoms. The van der Waals surface area contributed by atoms with Gasteiger partial charge in [0.1, 0.15) is 0 Å². The average Bonchev–Trinajstić information content (AvgIpc) is 2.96. The van der Waals surface area contributed by atoms with Gasteiger partial charge in [-0.05, 0) is 134 Å². The minimum absolute atomic E-state index is 0.0434. The van der Waals surface area contributed by atoms with Crippen molar-refractivity contribution in [2.75, 3.05) is 0 Å². The van der Waals surface area contributed by atoms with Gasteiger partial charge < -0.3 is 0 Å². The summed E-state index contributed by atoms with van der Waals surface area (Å²) < 4.78 is 0. The summed E-state index contributed by atoms with van der Waals surface area (Å²) in [5.74, 6) is 2.72. The van der Waals surface area contributed by atoms with Gasteiger partial charge in [0.15, 0.2) is 11.6 Å². The van der Waals surface area contributed by atoms with Crippen molar-refractivity contribution >= 4 is 17.6 Å². The molecule has 2 aromatic rings. The molecule has 2 aromatic carbocycles. The van der Waals surface area contributed by atoms with Crippen molar-refractivity contribution in [3.05, 3.63) is 89.0 Å². The highest BCUT2D eigenvalue weighted by atomic mass is 16.1. The number of hydrogen-bond acceptors (Lipinski definition) is 2. The Balaban J connectivity index is 1.19. The maximum atomic E-state index is 13.0. The third-order valence-electron chi connectivity index (χ3n) is 10.4. The van der Waals surface area contributed by atoms with Crippen molar-refractivity contribution in [1.29, 1.82) is 0 Å². The fourth-order valence-electron chi connectivity index (χ4n) is 7.67. The fraction of sp³-hybridized carbons (Fsp3) is 0.526. The van der Waals surface area contributed by atoms with Crippen LogP contribution >= 0.6 is 0 Å². The number of rotatable bonds is 8. The molecule has 3 aliphatic rings. The molecule has 1 unspecified atom stereocenters. The summed E-state index contributed by atoms with van der Waals surface area (Å²) in [6, 6.07) is 16.1. The lowest BCUT2D eigenvalue weighted by Gasteiger charge is -2.37. The zero-order chi connectivity index (χ0) is 28.3. The summed E-state index contributed by atoms with van der Waals surface area (Å²) in [6.07, 6.45) is 17.5. The topological polar surface area (TPSA) is 34.1 Å². The van der Waals surface area contributed by atoms with Crippen LogP contribution in [0.5, 0.6) is 0 Å². The summed E-state index contributed by atoms with van der Waals surface area (Å²) >= 11 is 0. The molecule has 3 aliphatic carbocycles. The number of hydrogen-bond donors (Lipinski definition) is 0. The molecule has 1 atom stereocenters. The van der Waals surface area contributed by atoms with Crippen LogP contribution in [0.4, 0.5) is 0 Å². The molecule has 0 saturated heterocycles. The summed E-state index contributed by atoms with van der Waals surface area (Å²) in [5, 5.41) is 0. The molecule has 2 nitrogen and oxygen atoms in total. The molecule has 2 fully saturated rings. The number of fused-ring (bicyclic) bond motifs is 1. The van der Waals surface area contributed by atoms with E-state index in [-0.39, 0.29) is 23.4 Å². The fourth-order valence-corrected chi connectivity index (χ4v) is 7.67. The van der Waals surface area contributed by atoms with Crippen LogP contribution in [0.15, 0.2) is 61.2 Å². The van der Waals surface area contributed by atoms with Crippen LogP contribution in [0.3, 0.4) is 0 Å². The minimum atomic E-state index is -0.0434. The molecular weight excluding hydrogens is 488 g/mol. The molecule has 0 radical (unpaired) electrons. The van der Waals surface area contributed by atoms with Gasteiger partial charge in [0, 0.05) is 11.8 Å². The Morgan fingerprint density at radius 1 is 0.850 bits per heavy atom. The van der Waals surface area contributed by atoms with E-state index in [0.717, 1.165) is 50.9 Å². The lowest BCUT2D eigenvalue weighted by molar-refractivity contribution is -0.119. The minimum Gasteiger partial charge on any atom is -0.295 e. The molecule has 2 heteroatoms. The Morgan fingerprint density at radius 2 is 1.52 bits per heavy atom. The molecule has 2 saturated carbocycles. The highest BCUT2D eigenvalue weighted by Gasteiger charge is 2.31. The summed E-state index contributed by atoms with van der Waals surface area (Å²) in [4.78, 5) is 25.0. The molecule has 212 valence electrons. The van der Waals surface area contributed by atoms with Gasteiger partial charge in [0.05, 0.1) is 0 Å². The van der Waals surface area contributed by atoms with Gasteiger partial charge in [0.25, 0.3) is 0 Å². The van der Waals surface area contributed by atoms with Gasteiger partial charge in [-0.3, -0.25) is 9.59 Å². The first-order chi connectivity index (χ1) is 19.2. The number of ketones is 2. The van der Waals surface area contributed by atoms with E-state index in [4.69, 9.17) is 0 Å². The van der Waals surface area contributed by atoms with Gasteiger partial charge in [-0.1, -0.05) is 75.9 Å². The Morgan fingerprint density at radius 3 is 2.17 bits per heavy atom. The smallest absolute Gasteiger partial charge is 0.163 e. The molecule has 0 bridgehead atoms. The van der Waals surface area contributed by atoms with Crippen molar-refractivity contribution in [3.8, 4) is 0 Å². The van der Waals surface area contributed by atoms with Crippen LogP contribution in [0.1, 0.15) is 125 Å². The van der Waals surface area contributed by atoms with Gasteiger partial charge in [-0.15, -0.1) is 0 Å². The lowest BCUT2D eigenvalue weighted by Crippen LogP contribution is -2.25. The number of benzene rings is 2. The van der Waals surface area contributed by atoms with Crippen molar-refractivity contribution in [1.82, 2.24) is 0 Å². The van der Waals surface area contributed by atoms with Crippen molar-refractivity contribution < 1.29 is 9.59 Å². The van der Waals surface area contributed by atoms with Crippen LogP contribution < -0.4 is 0 Å². The number of carbonyl (C=O) groups is 2. The van der Waals surface area contributed by atoms with E-state index in [9.17, 15) is 9.59 Å². The largest absolute Gasteiger partial charge is 0.295 e. The number of carbonyl (C=O) groups excluding carboxylic acids is 2. The Labute approximate surface area is 242 Å². The van der Waals surface area contributed by atoms with Crippen LogP contribution in [0.25, 0.3) is 6.08 Å². The second kappa shape index (κ2) is 12.4. The maximum absolute atomic E-state index is 13.0. The summed E-state index contributed by atoms with van der Waals surface area (Å²) in [5.41, 5.74) is 6.94. The molecular formula is C38H48O2. The Hall–Kier alpha value is -2.74. The Bertz CT molecular complexity index is 1230. The van der Waals surface area contributed by atoms with E-state index in [1.807, 2.05) is 6.08 Å². The molecule has 5 rings (SSSR count). The molecule has 0 amide bonds. The standard InChI is InChI=1S/C38H48O2/c1-5-36(39)32-15-6-26(7-16-32)11-22-34-35-25-28(10-14-31(35)19-23-37(34)40)24-27-8-12-29(13-9-27)30-17-20-33(21-18-30)38(2,3)4/h5,8-10,12-14,19,23,25-26,30,32-34H,1,6-7,11,15-18,20-22,24H2,2-4H3. The van der Waals surface area contributed by atoms with Crippen molar-refractivity contribution in [3.63, 3.8) is 0 Å². The van der Waals surface area contributed by atoms with E-state index >= 15 is 0 Å². The van der Waals surface area contributed by atoms with Crippen LogP contribution in [0, 0.1) is 23.2 Å². The molecule has 0 heterocycles. The van der Waals surface area contributed by atoms with E-state index in [0.29, 0.717) is 17.3 Å². The monoisotopic (exact) mass is 536 g/mol. The second-order valence-electron chi connectivity index (χ2n) is 14.0. The van der Waals surface area contributed by atoms with Crippen molar-refractivity contribution in [2.45, 2.75) is 103 Å². The zero-order valence-electron chi connectivity index (χ0n) is 25.0. The van der Waals surface area contributed by atoms with Crippen molar-refractivity contribution in [2.24, 2.45) is 23.2 Å². The first kappa shape index (κ1) is 28.8. The quantitative estimate of drug-likeness (QED) is 0.315. The maximum Gasteiger partial charge on any atom is 0.163 e. The van der Waals surface area contributed by atoms with Gasteiger partial charge in [-0.2, -0.15) is 0 Å². The first-order valence-corrected chi connectivity index (χ1v) is 15.8. The lowest BCUT2D eigenvalue weighted by atomic mass is 9.68. The molecule has 0 aromatic heterocycles. The average molecular weight is 537 g/mol. The normalized spacial score (nSPS) is 26.8. The zero-order valence-corrected chi connectivity index (χ0v) is 25.0. The molecule has 0 spiro atoms. The summed E-state index contributed by atoms with van der Waals surface area (Å²) in [6.45, 7) is 10.8. The number of allylic oxidation sites excluding steroid dienone is 2. The summed E-state index contributed by atoms with van der Waals surface area (Å²) in [7, 11) is 0. The van der Waals surface area contributed by atoms with Crippen LogP contribution in [0.2, 0.25) is 0 Å². The van der Waals surface area contributed by atoms with Crippen LogP contribution in [-0.2, 0) is 16.0 Å². The van der Waals surface area contributed by atoms with Gasteiger partial charge >= 0.3 is 0 Å². The van der Waals surface area contributed by atoms with E-state index < -0.39 is 0 Å². The van der Waals surface area contributed by atoms with E-state index in [1.165, 1.54) is 59.6 Å². The van der Waals surface area contributed by atoms with Crippen LogP contribution in [-0.4, -0.2) is 11.6 Å². The predicted molar refractivity (Wildman–Crippen MR) is 167 cm³/mol. The van der Waals surface area contributed by atoms with E-state index in [1.54, 1.807) is 6.08 Å². The molecule has 0 N–H and O–H groups in total. The highest BCUT2D eigenvalue weighted by molar-refractivity contribution is 6.01. The van der Waals surface area contributed by atoms with E-state index in [2.05, 4.69) is 69.8 Å². The third-order valence-corrected chi connectivity index (χ3v) is 10.4. The van der Waals surface area contributed by atoms with Gasteiger partial charge in [0.2, 0.25) is 0 Å². The third kappa shape index (κ3) is 6.76. The van der Waals surface area contributed by atoms with Gasteiger partial charge in [-0.25, -0.2) is 0 Å². The highest BCUT2D eigenvalue weighted by Crippen LogP contribution is 2.43. The molecule has 0 aliphatic heterocycles. The Kier molecular flexibility index (Phi) is 8.93.